The first-order valence-corrected chi connectivity index (χ1v) is 4.80. The van der Waals surface area contributed by atoms with Gasteiger partial charge in [-0.15, -0.1) is 0 Å². The Morgan fingerprint density at radius 3 is 2.77 bits per heavy atom. The fraction of sp³-hybridized carbons (Fsp3) is 0.778. The van der Waals surface area contributed by atoms with Crippen LogP contribution in [0.5, 0.6) is 0 Å². The molecule has 1 heterocycles. The van der Waals surface area contributed by atoms with Crippen LogP contribution in [0, 0.1) is 5.92 Å². The van der Waals surface area contributed by atoms with Gasteiger partial charge in [-0.2, -0.15) is 0 Å². The average Bonchev–Trinajstić information content (AvgIpc) is 2.03. The van der Waals surface area contributed by atoms with Crippen molar-refractivity contribution in [2.24, 2.45) is 5.92 Å². The van der Waals surface area contributed by atoms with Crippen LogP contribution in [0.25, 0.3) is 0 Å². The number of hydrogen-bond acceptors (Lipinski definition) is 2. The molecular weight excluding hydrogens is 168 g/mol. The van der Waals surface area contributed by atoms with E-state index in [-0.39, 0.29) is 24.9 Å². The minimum absolute atomic E-state index is 0.0288. The zero-order chi connectivity index (χ0) is 9.26. The van der Waals surface area contributed by atoms with Crippen molar-refractivity contribution in [2.45, 2.75) is 19.3 Å². The molecule has 0 aromatic rings. The summed E-state index contributed by atoms with van der Waals surface area (Å²) in [5.41, 5.74) is 0. The van der Waals surface area contributed by atoms with Crippen molar-refractivity contribution in [1.82, 2.24) is 10.2 Å². The Bertz CT molecular complexity index is 236. The number of rotatable bonds is 2. The Morgan fingerprint density at radius 2 is 2.15 bits per heavy atom. The van der Waals surface area contributed by atoms with Gasteiger partial charge in [0, 0.05) is 6.54 Å². The van der Waals surface area contributed by atoms with Crippen molar-refractivity contribution in [1.29, 1.82) is 0 Å². The Kier molecular flexibility index (Phi) is 2.20. The molecule has 1 saturated carbocycles. The smallest absolute Gasteiger partial charge is 0.242 e. The van der Waals surface area contributed by atoms with Crippen molar-refractivity contribution in [2.75, 3.05) is 19.6 Å². The largest absolute Gasteiger partial charge is 0.345 e. The number of carbonyl (C=O) groups excluding carboxylic acids is 2. The molecule has 0 aromatic carbocycles. The summed E-state index contributed by atoms with van der Waals surface area (Å²) in [4.78, 5) is 24.0. The molecule has 0 radical (unpaired) electrons. The van der Waals surface area contributed by atoms with Gasteiger partial charge in [0.2, 0.25) is 11.8 Å². The maximum Gasteiger partial charge on any atom is 0.242 e. The molecule has 0 spiro atoms. The van der Waals surface area contributed by atoms with E-state index in [1.807, 2.05) is 0 Å². The molecule has 0 bridgehead atoms. The second-order valence-corrected chi connectivity index (χ2v) is 3.85. The Balaban J connectivity index is 1.87. The molecule has 4 nitrogen and oxygen atoms in total. The summed E-state index contributed by atoms with van der Waals surface area (Å²) in [6.45, 7) is 1.23. The van der Waals surface area contributed by atoms with E-state index >= 15 is 0 Å². The van der Waals surface area contributed by atoms with E-state index in [1.165, 1.54) is 19.3 Å². The molecule has 1 aliphatic carbocycles. The van der Waals surface area contributed by atoms with Crippen molar-refractivity contribution in [3.63, 3.8) is 0 Å². The van der Waals surface area contributed by atoms with Crippen LogP contribution in [0.2, 0.25) is 0 Å². The van der Waals surface area contributed by atoms with E-state index in [9.17, 15) is 9.59 Å². The molecule has 2 rings (SSSR count). The predicted octanol–water partition coefficient (Wildman–Crippen LogP) is -0.255. The molecule has 0 unspecified atom stereocenters. The monoisotopic (exact) mass is 182 g/mol. The average molecular weight is 182 g/mol. The van der Waals surface area contributed by atoms with E-state index < -0.39 is 0 Å². The second-order valence-electron chi connectivity index (χ2n) is 3.85. The SMILES string of the molecule is O=C1CN(CC2CCC2)C(=O)CN1. The van der Waals surface area contributed by atoms with Crippen molar-refractivity contribution >= 4 is 11.8 Å². The number of nitrogens with zero attached hydrogens (tertiary/aromatic N) is 1. The van der Waals surface area contributed by atoms with Gasteiger partial charge in [0.25, 0.3) is 0 Å². The van der Waals surface area contributed by atoms with Crippen LogP contribution in [0.3, 0.4) is 0 Å². The highest BCUT2D eigenvalue weighted by molar-refractivity contribution is 5.92. The molecule has 2 aliphatic rings. The lowest BCUT2D eigenvalue weighted by molar-refractivity contribution is -0.141. The molecule has 2 fully saturated rings. The van der Waals surface area contributed by atoms with Gasteiger partial charge >= 0.3 is 0 Å². The number of amides is 2. The minimum atomic E-state index is -0.0288. The Hall–Kier alpha value is -1.06. The van der Waals surface area contributed by atoms with Gasteiger partial charge in [0.1, 0.15) is 0 Å². The normalized spacial score (nSPS) is 24.2. The number of carbonyl (C=O) groups is 2. The molecule has 72 valence electrons. The first-order valence-electron chi connectivity index (χ1n) is 4.80. The van der Waals surface area contributed by atoms with Gasteiger partial charge in [0.05, 0.1) is 13.1 Å². The Morgan fingerprint density at radius 1 is 1.38 bits per heavy atom. The standard InChI is InChI=1S/C9H14N2O2/c12-8-6-11(9(13)4-10-8)5-7-2-1-3-7/h7H,1-6H2,(H,10,12). The zero-order valence-corrected chi connectivity index (χ0v) is 7.58. The summed E-state index contributed by atoms with van der Waals surface area (Å²) in [5.74, 6) is 0.681. The number of nitrogens with one attached hydrogen (secondary N) is 1. The first-order chi connectivity index (χ1) is 6.25. The van der Waals surface area contributed by atoms with Crippen LogP contribution in [-0.4, -0.2) is 36.3 Å². The summed E-state index contributed by atoms with van der Waals surface area (Å²) < 4.78 is 0. The highest BCUT2D eigenvalue weighted by Crippen LogP contribution is 2.27. The number of piperazine rings is 1. The van der Waals surface area contributed by atoms with Crippen molar-refractivity contribution in [3.8, 4) is 0 Å². The molecule has 2 amide bonds. The van der Waals surface area contributed by atoms with E-state index in [4.69, 9.17) is 0 Å². The van der Waals surface area contributed by atoms with Crippen LogP contribution in [0.15, 0.2) is 0 Å². The molecule has 4 heteroatoms. The molecular formula is C9H14N2O2. The zero-order valence-electron chi connectivity index (χ0n) is 7.58. The summed E-state index contributed by atoms with van der Waals surface area (Å²) in [7, 11) is 0. The van der Waals surface area contributed by atoms with Crippen LogP contribution < -0.4 is 5.32 Å². The van der Waals surface area contributed by atoms with Crippen molar-refractivity contribution in [3.05, 3.63) is 0 Å². The number of hydrogen-bond donors (Lipinski definition) is 1. The molecule has 0 atom stereocenters. The van der Waals surface area contributed by atoms with Crippen LogP contribution in [0.1, 0.15) is 19.3 Å². The quantitative estimate of drug-likeness (QED) is 0.640. The highest BCUT2D eigenvalue weighted by atomic mass is 16.2. The summed E-state index contributed by atoms with van der Waals surface area (Å²) >= 11 is 0. The third-order valence-electron chi connectivity index (χ3n) is 2.83. The maximum atomic E-state index is 11.3. The van der Waals surface area contributed by atoms with Crippen molar-refractivity contribution < 1.29 is 9.59 Å². The first kappa shape index (κ1) is 8.53. The maximum absolute atomic E-state index is 11.3. The van der Waals surface area contributed by atoms with E-state index in [2.05, 4.69) is 5.32 Å². The van der Waals surface area contributed by atoms with Crippen LogP contribution >= 0.6 is 0 Å². The van der Waals surface area contributed by atoms with Gasteiger partial charge in [-0.3, -0.25) is 9.59 Å². The lowest BCUT2D eigenvalue weighted by atomic mass is 9.85. The fourth-order valence-electron chi connectivity index (χ4n) is 1.76. The van der Waals surface area contributed by atoms with E-state index in [0.29, 0.717) is 5.92 Å². The second kappa shape index (κ2) is 3.36. The van der Waals surface area contributed by atoms with Gasteiger partial charge in [-0.1, -0.05) is 6.42 Å². The molecule has 1 N–H and O–H groups in total. The topological polar surface area (TPSA) is 49.4 Å². The van der Waals surface area contributed by atoms with E-state index in [1.54, 1.807) is 4.90 Å². The van der Waals surface area contributed by atoms with Gasteiger partial charge < -0.3 is 10.2 Å². The fourth-order valence-corrected chi connectivity index (χ4v) is 1.76. The predicted molar refractivity (Wildman–Crippen MR) is 46.9 cm³/mol. The minimum Gasteiger partial charge on any atom is -0.345 e. The summed E-state index contributed by atoms with van der Waals surface area (Å²) in [6.07, 6.45) is 3.70. The summed E-state index contributed by atoms with van der Waals surface area (Å²) in [6, 6.07) is 0. The lowest BCUT2D eigenvalue weighted by Crippen LogP contribution is -2.53. The van der Waals surface area contributed by atoms with Gasteiger partial charge in [-0.05, 0) is 18.8 Å². The van der Waals surface area contributed by atoms with Crippen LogP contribution in [-0.2, 0) is 9.59 Å². The third kappa shape index (κ3) is 1.82. The molecule has 0 aromatic heterocycles. The third-order valence-corrected chi connectivity index (χ3v) is 2.83. The highest BCUT2D eigenvalue weighted by Gasteiger charge is 2.27. The van der Waals surface area contributed by atoms with E-state index in [0.717, 1.165) is 6.54 Å². The molecule has 1 aliphatic heterocycles. The van der Waals surface area contributed by atoms with Crippen LogP contribution in [0.4, 0.5) is 0 Å². The van der Waals surface area contributed by atoms with Gasteiger partial charge in [0.15, 0.2) is 0 Å². The lowest BCUT2D eigenvalue weighted by Gasteiger charge is -2.34. The van der Waals surface area contributed by atoms with Gasteiger partial charge in [-0.25, -0.2) is 0 Å². The molecule has 13 heavy (non-hydrogen) atoms. The molecule has 1 saturated heterocycles. The summed E-state index contributed by atoms with van der Waals surface area (Å²) in [5, 5.41) is 2.54. The Labute approximate surface area is 77.3 Å².